The molecule has 0 saturated heterocycles. The van der Waals surface area contributed by atoms with Crippen LogP contribution < -0.4 is 0 Å². The van der Waals surface area contributed by atoms with Crippen LogP contribution in [0.5, 0.6) is 0 Å². The van der Waals surface area contributed by atoms with Gasteiger partial charge in [-0.05, 0) is 25.7 Å². The normalized spacial score (nSPS) is 18.9. The smallest absolute Gasteiger partial charge is 0.0285 e. The summed E-state index contributed by atoms with van der Waals surface area (Å²) < 4.78 is 0. The van der Waals surface area contributed by atoms with Gasteiger partial charge in [-0.2, -0.15) is 0 Å². The lowest BCUT2D eigenvalue weighted by Gasteiger charge is -2.21. The third-order valence-electron chi connectivity index (χ3n) is 3.24. The maximum absolute atomic E-state index is 4.04. The van der Waals surface area contributed by atoms with Crippen molar-refractivity contribution < 1.29 is 0 Å². The van der Waals surface area contributed by atoms with Gasteiger partial charge in [0.25, 0.3) is 0 Å². The van der Waals surface area contributed by atoms with Gasteiger partial charge in [-0.25, -0.2) is 0 Å². The van der Waals surface area contributed by atoms with E-state index in [0.717, 1.165) is 5.92 Å². The molecule has 0 aliphatic heterocycles. The van der Waals surface area contributed by atoms with Gasteiger partial charge in [0, 0.05) is 0 Å². The summed E-state index contributed by atoms with van der Waals surface area (Å²) in [5, 5.41) is 0. The average molecular weight is 192 g/mol. The van der Waals surface area contributed by atoms with Gasteiger partial charge in [0.2, 0.25) is 0 Å². The topological polar surface area (TPSA) is 0 Å². The molecule has 14 heavy (non-hydrogen) atoms. The van der Waals surface area contributed by atoms with Crippen molar-refractivity contribution in [3.05, 3.63) is 24.3 Å². The molecule has 0 atom stereocenters. The summed E-state index contributed by atoms with van der Waals surface area (Å²) in [7, 11) is 0. The molecule has 0 spiro atoms. The Bertz CT molecular complexity index is 182. The van der Waals surface area contributed by atoms with Crippen molar-refractivity contribution in [2.24, 2.45) is 5.92 Å². The SMILES string of the molecule is C=C(/C=C\C)CCCC1CCCCC1. The minimum Gasteiger partial charge on any atom is -0.0958 e. The van der Waals surface area contributed by atoms with Crippen LogP contribution in [0, 0.1) is 5.92 Å². The van der Waals surface area contributed by atoms with Crippen molar-refractivity contribution in [2.45, 2.75) is 58.3 Å². The van der Waals surface area contributed by atoms with E-state index in [2.05, 4.69) is 25.7 Å². The monoisotopic (exact) mass is 192 g/mol. The van der Waals surface area contributed by atoms with Crippen LogP contribution in [-0.2, 0) is 0 Å². The number of hydrogen-bond acceptors (Lipinski definition) is 0. The summed E-state index contributed by atoms with van der Waals surface area (Å²) in [6.07, 6.45) is 15.6. The highest BCUT2D eigenvalue weighted by atomic mass is 14.2. The van der Waals surface area contributed by atoms with Crippen molar-refractivity contribution in [1.82, 2.24) is 0 Å². The Morgan fingerprint density at radius 2 is 2.00 bits per heavy atom. The molecular formula is C14H24. The lowest BCUT2D eigenvalue weighted by Crippen LogP contribution is -2.05. The van der Waals surface area contributed by atoms with Gasteiger partial charge < -0.3 is 0 Å². The van der Waals surface area contributed by atoms with E-state index in [1.54, 1.807) is 0 Å². The van der Waals surface area contributed by atoms with Crippen LogP contribution in [-0.4, -0.2) is 0 Å². The van der Waals surface area contributed by atoms with E-state index in [9.17, 15) is 0 Å². The maximum Gasteiger partial charge on any atom is -0.0285 e. The average Bonchev–Trinajstić information content (AvgIpc) is 2.20. The summed E-state index contributed by atoms with van der Waals surface area (Å²) in [6, 6.07) is 0. The Balaban J connectivity index is 2.05. The molecule has 1 aliphatic rings. The Kier molecular flexibility index (Phi) is 5.66. The zero-order chi connectivity index (χ0) is 10.2. The minimum absolute atomic E-state index is 1.03. The first-order valence-corrected chi connectivity index (χ1v) is 6.13. The molecule has 80 valence electrons. The third-order valence-corrected chi connectivity index (χ3v) is 3.24. The standard InChI is InChI=1S/C14H24/c1-3-8-13(2)9-7-12-14-10-5-4-6-11-14/h3,8,14H,2,4-7,9-12H2,1H3/b8-3-. The molecule has 0 aromatic heterocycles. The van der Waals surface area contributed by atoms with Gasteiger partial charge >= 0.3 is 0 Å². The lowest BCUT2D eigenvalue weighted by atomic mass is 9.85. The molecule has 1 aliphatic carbocycles. The first-order valence-electron chi connectivity index (χ1n) is 6.13. The second-order valence-electron chi connectivity index (χ2n) is 4.55. The Morgan fingerprint density at radius 1 is 1.29 bits per heavy atom. The van der Waals surface area contributed by atoms with Gasteiger partial charge in [-0.3, -0.25) is 0 Å². The first-order chi connectivity index (χ1) is 6.83. The fourth-order valence-corrected chi connectivity index (χ4v) is 2.41. The van der Waals surface area contributed by atoms with E-state index in [-0.39, 0.29) is 0 Å². The predicted octanol–water partition coefficient (Wildman–Crippen LogP) is 4.87. The summed E-state index contributed by atoms with van der Waals surface area (Å²) >= 11 is 0. The molecule has 0 heterocycles. The van der Waals surface area contributed by atoms with Gasteiger partial charge in [0.1, 0.15) is 0 Å². The van der Waals surface area contributed by atoms with Crippen LogP contribution in [0.4, 0.5) is 0 Å². The summed E-state index contributed by atoms with van der Waals surface area (Å²) in [4.78, 5) is 0. The van der Waals surface area contributed by atoms with E-state index in [1.807, 2.05) is 0 Å². The van der Waals surface area contributed by atoms with Crippen molar-refractivity contribution >= 4 is 0 Å². The molecule has 0 aromatic rings. The van der Waals surface area contributed by atoms with Crippen LogP contribution in [0.2, 0.25) is 0 Å². The number of hydrogen-bond donors (Lipinski definition) is 0. The van der Waals surface area contributed by atoms with E-state index in [0.29, 0.717) is 0 Å². The second kappa shape index (κ2) is 6.86. The molecule has 1 fully saturated rings. The highest BCUT2D eigenvalue weighted by Crippen LogP contribution is 2.28. The molecule has 0 nitrogen and oxygen atoms in total. The second-order valence-corrected chi connectivity index (χ2v) is 4.55. The first kappa shape index (κ1) is 11.6. The predicted molar refractivity (Wildman–Crippen MR) is 64.4 cm³/mol. The minimum atomic E-state index is 1.03. The molecule has 0 heteroatoms. The van der Waals surface area contributed by atoms with Crippen LogP contribution in [0.3, 0.4) is 0 Å². The van der Waals surface area contributed by atoms with Crippen molar-refractivity contribution in [2.75, 3.05) is 0 Å². The van der Waals surface area contributed by atoms with E-state index in [1.165, 1.54) is 56.9 Å². The fourth-order valence-electron chi connectivity index (χ4n) is 2.41. The van der Waals surface area contributed by atoms with Gasteiger partial charge in [-0.15, -0.1) is 0 Å². The Hall–Kier alpha value is -0.520. The number of rotatable bonds is 5. The van der Waals surface area contributed by atoms with Gasteiger partial charge in [-0.1, -0.05) is 62.8 Å². The highest BCUT2D eigenvalue weighted by Gasteiger charge is 2.12. The molecule has 1 saturated carbocycles. The van der Waals surface area contributed by atoms with Gasteiger partial charge in [0.05, 0.1) is 0 Å². The van der Waals surface area contributed by atoms with E-state index >= 15 is 0 Å². The molecular weight excluding hydrogens is 168 g/mol. The van der Waals surface area contributed by atoms with Crippen LogP contribution >= 0.6 is 0 Å². The molecule has 0 N–H and O–H groups in total. The van der Waals surface area contributed by atoms with E-state index in [4.69, 9.17) is 0 Å². The van der Waals surface area contributed by atoms with Gasteiger partial charge in [0.15, 0.2) is 0 Å². The molecule has 0 unspecified atom stereocenters. The molecule has 0 radical (unpaired) electrons. The fraction of sp³-hybridized carbons (Fsp3) is 0.714. The van der Waals surface area contributed by atoms with Crippen molar-refractivity contribution in [3.63, 3.8) is 0 Å². The van der Waals surface area contributed by atoms with Crippen LogP contribution in [0.15, 0.2) is 24.3 Å². The highest BCUT2D eigenvalue weighted by molar-refractivity contribution is 5.13. The third kappa shape index (κ3) is 4.64. The van der Waals surface area contributed by atoms with Crippen molar-refractivity contribution in [3.8, 4) is 0 Å². The zero-order valence-corrected chi connectivity index (χ0v) is 9.60. The molecule has 0 bridgehead atoms. The molecule has 1 rings (SSSR count). The summed E-state index contributed by atoms with van der Waals surface area (Å²) in [5.41, 5.74) is 1.29. The zero-order valence-electron chi connectivity index (χ0n) is 9.60. The van der Waals surface area contributed by atoms with Crippen LogP contribution in [0.1, 0.15) is 58.3 Å². The maximum atomic E-state index is 4.04. The van der Waals surface area contributed by atoms with Crippen LogP contribution in [0.25, 0.3) is 0 Å². The van der Waals surface area contributed by atoms with E-state index < -0.39 is 0 Å². The summed E-state index contributed by atoms with van der Waals surface area (Å²) in [5.74, 6) is 1.03. The Morgan fingerprint density at radius 3 is 2.64 bits per heavy atom. The van der Waals surface area contributed by atoms with Crippen molar-refractivity contribution in [1.29, 1.82) is 0 Å². The molecule has 0 aromatic carbocycles. The molecule has 0 amide bonds. The number of allylic oxidation sites excluding steroid dienone is 3. The lowest BCUT2D eigenvalue weighted by molar-refractivity contribution is 0.333. The summed E-state index contributed by atoms with van der Waals surface area (Å²) in [6.45, 7) is 6.10. The quantitative estimate of drug-likeness (QED) is 0.545. The Labute approximate surface area is 89.1 Å². The largest absolute Gasteiger partial charge is 0.0958 e.